The average Bonchev–Trinajstić information content (AvgIpc) is 3.08. The summed E-state index contributed by atoms with van der Waals surface area (Å²) in [6, 6.07) is 3.80. The van der Waals surface area contributed by atoms with Gasteiger partial charge in [-0.2, -0.15) is 4.31 Å². The highest BCUT2D eigenvalue weighted by Gasteiger charge is 2.37. The molecule has 1 aliphatic carbocycles. The van der Waals surface area contributed by atoms with Gasteiger partial charge in [0.05, 0.1) is 18.6 Å². The zero-order valence-corrected chi connectivity index (χ0v) is 12.2. The van der Waals surface area contributed by atoms with E-state index in [-0.39, 0.29) is 11.8 Å². The Labute approximate surface area is 115 Å². The standard InChI is InChI=1S/C13H22N2O3S/c1-14-8-2-3-10-19(16,17)15(12-6-7-12)11-13-5-4-9-18-13/h4-5,9,12,14H,2-3,6-8,10-11H2,1H3. The molecule has 0 unspecified atom stereocenters. The number of nitrogens with zero attached hydrogens (tertiary/aromatic N) is 1. The molecule has 2 rings (SSSR count). The first-order chi connectivity index (χ1) is 9.13. The zero-order valence-electron chi connectivity index (χ0n) is 11.3. The summed E-state index contributed by atoms with van der Waals surface area (Å²) in [6.07, 6.45) is 5.10. The van der Waals surface area contributed by atoms with Gasteiger partial charge >= 0.3 is 0 Å². The second kappa shape index (κ2) is 6.54. The molecule has 1 aromatic rings. The molecule has 19 heavy (non-hydrogen) atoms. The fraction of sp³-hybridized carbons (Fsp3) is 0.692. The molecule has 1 fully saturated rings. The minimum atomic E-state index is -3.17. The zero-order chi connectivity index (χ0) is 13.7. The Hall–Kier alpha value is -0.850. The highest BCUT2D eigenvalue weighted by molar-refractivity contribution is 7.89. The fourth-order valence-electron chi connectivity index (χ4n) is 2.08. The lowest BCUT2D eigenvalue weighted by atomic mass is 10.3. The predicted molar refractivity (Wildman–Crippen MR) is 74.2 cm³/mol. The van der Waals surface area contributed by atoms with Crippen molar-refractivity contribution in [3.63, 3.8) is 0 Å². The van der Waals surface area contributed by atoms with Crippen LogP contribution in [0.5, 0.6) is 0 Å². The second-order valence-electron chi connectivity index (χ2n) is 4.98. The number of unbranched alkanes of at least 4 members (excludes halogenated alkanes) is 1. The summed E-state index contributed by atoms with van der Waals surface area (Å²) in [4.78, 5) is 0. The van der Waals surface area contributed by atoms with Crippen LogP contribution >= 0.6 is 0 Å². The Morgan fingerprint density at radius 3 is 2.79 bits per heavy atom. The number of sulfonamides is 1. The van der Waals surface area contributed by atoms with Crippen molar-refractivity contribution in [2.75, 3.05) is 19.3 Å². The third kappa shape index (κ3) is 4.33. The van der Waals surface area contributed by atoms with E-state index in [0.717, 1.165) is 25.8 Å². The van der Waals surface area contributed by atoms with Crippen molar-refractivity contribution < 1.29 is 12.8 Å². The van der Waals surface area contributed by atoms with Crippen molar-refractivity contribution in [1.82, 2.24) is 9.62 Å². The summed E-state index contributed by atoms with van der Waals surface area (Å²) in [7, 11) is -1.29. The molecule has 0 atom stereocenters. The van der Waals surface area contributed by atoms with Crippen molar-refractivity contribution in [2.45, 2.75) is 38.3 Å². The number of furan rings is 1. The van der Waals surface area contributed by atoms with Gasteiger partial charge < -0.3 is 9.73 Å². The molecule has 1 aliphatic rings. The Kier molecular flexibility index (Phi) is 5.01. The van der Waals surface area contributed by atoms with Crippen molar-refractivity contribution in [3.8, 4) is 0 Å². The van der Waals surface area contributed by atoms with Crippen LogP contribution in [0.3, 0.4) is 0 Å². The largest absolute Gasteiger partial charge is 0.468 e. The van der Waals surface area contributed by atoms with E-state index in [0.29, 0.717) is 18.7 Å². The number of rotatable bonds is 9. The van der Waals surface area contributed by atoms with E-state index in [1.165, 1.54) is 0 Å². The quantitative estimate of drug-likeness (QED) is 0.700. The Bertz CT molecular complexity index is 466. The predicted octanol–water partition coefficient (Wildman–Crippen LogP) is 1.57. The summed E-state index contributed by atoms with van der Waals surface area (Å²) < 4.78 is 31.6. The molecule has 1 saturated carbocycles. The molecule has 0 saturated heterocycles. The molecule has 108 valence electrons. The first kappa shape index (κ1) is 14.6. The van der Waals surface area contributed by atoms with Crippen LogP contribution in [0.25, 0.3) is 0 Å². The maximum atomic E-state index is 12.4. The average molecular weight is 286 g/mol. The maximum Gasteiger partial charge on any atom is 0.214 e. The van der Waals surface area contributed by atoms with Crippen molar-refractivity contribution in [1.29, 1.82) is 0 Å². The van der Waals surface area contributed by atoms with E-state index in [1.807, 2.05) is 13.1 Å². The van der Waals surface area contributed by atoms with Crippen LogP contribution in [0.1, 0.15) is 31.4 Å². The Morgan fingerprint density at radius 1 is 1.42 bits per heavy atom. The molecule has 0 aromatic carbocycles. The molecule has 6 heteroatoms. The molecule has 0 radical (unpaired) electrons. The van der Waals surface area contributed by atoms with Gasteiger partial charge in [-0.05, 0) is 51.4 Å². The van der Waals surface area contributed by atoms with E-state index in [4.69, 9.17) is 4.42 Å². The molecule has 0 bridgehead atoms. The second-order valence-corrected chi connectivity index (χ2v) is 7.02. The van der Waals surface area contributed by atoms with Crippen LogP contribution in [-0.4, -0.2) is 38.1 Å². The summed E-state index contributed by atoms with van der Waals surface area (Å²) in [5.41, 5.74) is 0. The van der Waals surface area contributed by atoms with Crippen LogP contribution < -0.4 is 5.32 Å². The van der Waals surface area contributed by atoms with Gasteiger partial charge in [0.1, 0.15) is 5.76 Å². The Balaban J connectivity index is 1.93. The normalized spacial score (nSPS) is 16.1. The molecule has 0 aliphatic heterocycles. The molecule has 1 heterocycles. The van der Waals surface area contributed by atoms with Gasteiger partial charge in [0, 0.05) is 6.04 Å². The van der Waals surface area contributed by atoms with Crippen LogP contribution in [0.4, 0.5) is 0 Å². The van der Waals surface area contributed by atoms with Gasteiger partial charge in [-0.1, -0.05) is 0 Å². The van der Waals surface area contributed by atoms with Crippen molar-refractivity contribution in [3.05, 3.63) is 24.2 Å². The molecule has 5 nitrogen and oxygen atoms in total. The molecule has 1 N–H and O–H groups in total. The lowest BCUT2D eigenvalue weighted by Gasteiger charge is -2.20. The summed E-state index contributed by atoms with van der Waals surface area (Å²) in [5.74, 6) is 0.942. The van der Waals surface area contributed by atoms with Crippen molar-refractivity contribution >= 4 is 10.0 Å². The van der Waals surface area contributed by atoms with Gasteiger partial charge in [-0.25, -0.2) is 8.42 Å². The first-order valence-corrected chi connectivity index (χ1v) is 8.41. The third-order valence-electron chi connectivity index (χ3n) is 3.28. The van der Waals surface area contributed by atoms with Gasteiger partial charge in [0.25, 0.3) is 0 Å². The van der Waals surface area contributed by atoms with E-state index in [9.17, 15) is 8.42 Å². The van der Waals surface area contributed by atoms with Gasteiger partial charge in [-0.15, -0.1) is 0 Å². The summed E-state index contributed by atoms with van der Waals surface area (Å²) in [6.45, 7) is 1.23. The topological polar surface area (TPSA) is 62.6 Å². The van der Waals surface area contributed by atoms with E-state index in [2.05, 4.69) is 5.32 Å². The number of hydrogen-bond acceptors (Lipinski definition) is 4. The number of hydrogen-bond donors (Lipinski definition) is 1. The molecular weight excluding hydrogens is 264 g/mol. The van der Waals surface area contributed by atoms with E-state index in [1.54, 1.807) is 16.6 Å². The lowest BCUT2D eigenvalue weighted by molar-refractivity contribution is 0.356. The third-order valence-corrected chi connectivity index (χ3v) is 5.23. The monoisotopic (exact) mass is 286 g/mol. The molecule has 0 spiro atoms. The Morgan fingerprint density at radius 2 is 2.21 bits per heavy atom. The minimum absolute atomic E-state index is 0.180. The SMILES string of the molecule is CNCCCCS(=O)(=O)N(Cc1ccco1)C1CC1. The van der Waals surface area contributed by atoms with Crippen LogP contribution in [0.15, 0.2) is 22.8 Å². The van der Waals surface area contributed by atoms with Gasteiger partial charge in [0.2, 0.25) is 10.0 Å². The summed E-state index contributed by atoms with van der Waals surface area (Å²) in [5, 5.41) is 3.03. The van der Waals surface area contributed by atoms with E-state index < -0.39 is 10.0 Å². The molecular formula is C13H22N2O3S. The smallest absolute Gasteiger partial charge is 0.214 e. The lowest BCUT2D eigenvalue weighted by Crippen LogP contribution is -2.34. The maximum absolute atomic E-state index is 12.4. The highest BCUT2D eigenvalue weighted by Crippen LogP contribution is 2.31. The van der Waals surface area contributed by atoms with E-state index >= 15 is 0 Å². The van der Waals surface area contributed by atoms with Gasteiger partial charge in [-0.3, -0.25) is 0 Å². The van der Waals surface area contributed by atoms with Gasteiger partial charge in [0.15, 0.2) is 0 Å². The van der Waals surface area contributed by atoms with Crippen LogP contribution in [-0.2, 0) is 16.6 Å². The van der Waals surface area contributed by atoms with Crippen LogP contribution in [0.2, 0.25) is 0 Å². The summed E-state index contributed by atoms with van der Waals surface area (Å²) >= 11 is 0. The first-order valence-electron chi connectivity index (χ1n) is 6.80. The molecule has 0 amide bonds. The minimum Gasteiger partial charge on any atom is -0.468 e. The fourth-order valence-corrected chi connectivity index (χ4v) is 3.87. The van der Waals surface area contributed by atoms with Crippen LogP contribution in [0, 0.1) is 0 Å². The highest BCUT2D eigenvalue weighted by atomic mass is 32.2. The molecule has 1 aromatic heterocycles. The number of nitrogens with one attached hydrogen (secondary N) is 1. The van der Waals surface area contributed by atoms with Crippen molar-refractivity contribution in [2.24, 2.45) is 0 Å².